The number of amides is 1. The van der Waals surface area contributed by atoms with Crippen LogP contribution < -0.4 is 5.32 Å². The van der Waals surface area contributed by atoms with Gasteiger partial charge in [-0.3, -0.25) is 9.59 Å². The minimum atomic E-state index is -1.57. The van der Waals surface area contributed by atoms with Crippen molar-refractivity contribution in [2.75, 3.05) is 19.8 Å². The molecule has 11 heteroatoms. The van der Waals surface area contributed by atoms with Crippen molar-refractivity contribution in [1.29, 1.82) is 0 Å². The third-order valence-electron chi connectivity index (χ3n) is 18.2. The number of unbranched alkanes of at least 4 members (excludes halogenated alkanes) is 50. The highest BCUT2D eigenvalue weighted by Crippen LogP contribution is 2.24. The molecule has 0 aromatic carbocycles. The Morgan fingerprint density at radius 1 is 0.420 bits per heavy atom. The molecule has 1 aliphatic heterocycles. The zero-order valence-corrected chi connectivity index (χ0v) is 57.7. The second-order valence-corrected chi connectivity index (χ2v) is 26.7. The largest absolute Gasteiger partial charge is 0.466 e. The predicted molar refractivity (Wildman–Crippen MR) is 371 cm³/mol. The van der Waals surface area contributed by atoms with Crippen molar-refractivity contribution in [2.24, 2.45) is 0 Å². The summed E-state index contributed by atoms with van der Waals surface area (Å²) >= 11 is 0. The molecule has 0 aromatic rings. The van der Waals surface area contributed by atoms with Gasteiger partial charge in [0, 0.05) is 12.8 Å². The SMILES string of the molecule is CCCCCCCCC/C=C/C(O)C(COC1OC(CO)C(O)C(O)C1O)NC(=O)CCCCCCCCCCCCCCCCCCC/C=C\C/C=C\CCCCCCCCCCCCCCCCCOC(=O)CCCCCCCCCCCCCC. The van der Waals surface area contributed by atoms with Gasteiger partial charge in [0.15, 0.2) is 6.29 Å². The highest BCUT2D eigenvalue weighted by atomic mass is 16.7. The molecule has 11 nitrogen and oxygen atoms in total. The van der Waals surface area contributed by atoms with Crippen molar-refractivity contribution >= 4 is 11.9 Å². The number of esters is 1. The molecule has 1 fully saturated rings. The van der Waals surface area contributed by atoms with E-state index < -0.39 is 49.5 Å². The summed E-state index contributed by atoms with van der Waals surface area (Å²) < 4.78 is 16.7. The van der Waals surface area contributed by atoms with Crippen molar-refractivity contribution in [3.05, 3.63) is 36.5 Å². The van der Waals surface area contributed by atoms with Crippen LogP contribution in [0.3, 0.4) is 0 Å². The van der Waals surface area contributed by atoms with E-state index in [2.05, 4.69) is 43.5 Å². The molecule has 0 aromatic heterocycles. The number of aliphatic hydroxyl groups excluding tert-OH is 5. The van der Waals surface area contributed by atoms with Crippen LogP contribution in [0.5, 0.6) is 0 Å². The third kappa shape index (κ3) is 54.4. The monoisotopic (exact) mass is 1240 g/mol. The number of hydrogen-bond donors (Lipinski definition) is 6. The minimum Gasteiger partial charge on any atom is -0.466 e. The summed E-state index contributed by atoms with van der Waals surface area (Å²) in [7, 11) is 0. The van der Waals surface area contributed by atoms with Crippen LogP contribution in [0.2, 0.25) is 0 Å². The molecule has 0 aliphatic carbocycles. The van der Waals surface area contributed by atoms with E-state index in [1.807, 2.05) is 6.08 Å². The van der Waals surface area contributed by atoms with E-state index in [1.54, 1.807) is 6.08 Å². The summed E-state index contributed by atoms with van der Waals surface area (Å²) in [6, 6.07) is -0.806. The normalized spacial score (nSPS) is 17.9. The van der Waals surface area contributed by atoms with Crippen LogP contribution >= 0.6 is 0 Å². The zero-order valence-electron chi connectivity index (χ0n) is 57.7. The van der Waals surface area contributed by atoms with Crippen molar-refractivity contribution < 1.29 is 49.3 Å². The smallest absolute Gasteiger partial charge is 0.305 e. The molecule has 0 bridgehead atoms. The van der Waals surface area contributed by atoms with Gasteiger partial charge in [0.1, 0.15) is 24.4 Å². The first-order chi connectivity index (χ1) is 43.2. The molecular formula is C77H145NO10. The third-order valence-corrected chi connectivity index (χ3v) is 18.2. The van der Waals surface area contributed by atoms with E-state index in [4.69, 9.17) is 14.2 Å². The van der Waals surface area contributed by atoms with E-state index >= 15 is 0 Å². The number of nitrogens with one attached hydrogen (secondary N) is 1. The molecule has 1 amide bonds. The number of rotatable bonds is 68. The molecule has 1 heterocycles. The summed E-state index contributed by atoms with van der Waals surface area (Å²) in [4.78, 5) is 25.1. The number of ether oxygens (including phenoxy) is 3. The Kier molecular flexibility index (Phi) is 63.2. The van der Waals surface area contributed by atoms with Gasteiger partial charge < -0.3 is 45.1 Å². The lowest BCUT2D eigenvalue weighted by Crippen LogP contribution is -2.60. The molecular weight excluding hydrogens is 1100 g/mol. The molecule has 7 unspecified atom stereocenters. The first-order valence-electron chi connectivity index (χ1n) is 38.3. The Balaban J connectivity index is 1.88. The van der Waals surface area contributed by atoms with Gasteiger partial charge in [0.2, 0.25) is 5.91 Å². The molecule has 1 saturated heterocycles. The Morgan fingerprint density at radius 2 is 0.761 bits per heavy atom. The number of aliphatic hydroxyl groups is 5. The zero-order chi connectivity index (χ0) is 63.7. The molecule has 7 atom stereocenters. The molecule has 518 valence electrons. The van der Waals surface area contributed by atoms with E-state index in [9.17, 15) is 35.1 Å². The number of allylic oxidation sites excluding steroid dienone is 5. The fourth-order valence-electron chi connectivity index (χ4n) is 12.2. The molecule has 88 heavy (non-hydrogen) atoms. The van der Waals surface area contributed by atoms with Crippen LogP contribution in [0, 0.1) is 0 Å². The Labute approximate surface area is 543 Å². The van der Waals surface area contributed by atoms with Gasteiger partial charge in [-0.05, 0) is 64.2 Å². The summed E-state index contributed by atoms with van der Waals surface area (Å²) in [6.07, 6.45) is 76.2. The van der Waals surface area contributed by atoms with Gasteiger partial charge in [-0.25, -0.2) is 0 Å². The van der Waals surface area contributed by atoms with Crippen molar-refractivity contribution in [1.82, 2.24) is 5.32 Å². The van der Waals surface area contributed by atoms with E-state index in [0.717, 1.165) is 57.8 Å². The Hall–Kier alpha value is -2.12. The number of hydrogen-bond acceptors (Lipinski definition) is 10. The Bertz CT molecular complexity index is 1560. The lowest BCUT2D eigenvalue weighted by molar-refractivity contribution is -0.302. The van der Waals surface area contributed by atoms with Crippen LogP contribution in [0.15, 0.2) is 36.5 Å². The minimum absolute atomic E-state index is 0.0157. The maximum atomic E-state index is 13.0. The highest BCUT2D eigenvalue weighted by molar-refractivity contribution is 5.76. The Morgan fingerprint density at radius 3 is 1.15 bits per heavy atom. The standard InChI is InChI=1S/C77H145NO10/c1-3-5-7-9-11-13-14-45-49-53-57-61-65-73(82)86-66-62-58-54-50-46-43-41-39-37-35-33-31-29-27-25-23-21-19-17-15-16-18-20-22-24-26-28-30-32-34-36-38-40-42-44-48-52-56-60-64-72(81)78-69(70(80)63-59-55-51-47-12-10-8-6-4-2)68-87-77-76(85)75(84)74(83)71(67-79)88-77/h15-16,19,21,59,63,69-71,74-77,79-80,83-85H,3-14,17-18,20,22-58,60-62,64-68H2,1-2H3,(H,78,81)/b16-15-,21-19-,63-59+. The summed E-state index contributed by atoms with van der Waals surface area (Å²) in [6.45, 7) is 4.36. The molecule has 1 aliphatic rings. The van der Waals surface area contributed by atoms with Crippen LogP contribution in [0.1, 0.15) is 380 Å². The molecule has 0 radical (unpaired) electrons. The fourth-order valence-corrected chi connectivity index (χ4v) is 12.2. The van der Waals surface area contributed by atoms with Gasteiger partial charge in [-0.2, -0.15) is 0 Å². The fraction of sp³-hybridized carbons (Fsp3) is 0.896. The van der Waals surface area contributed by atoms with Crippen LogP contribution in [0.25, 0.3) is 0 Å². The second-order valence-electron chi connectivity index (χ2n) is 26.7. The second kappa shape index (κ2) is 66.3. The molecule has 0 spiro atoms. The molecule has 6 N–H and O–H groups in total. The van der Waals surface area contributed by atoms with Gasteiger partial charge in [-0.15, -0.1) is 0 Å². The average molecular weight is 1250 g/mol. The summed E-state index contributed by atoms with van der Waals surface area (Å²) in [5.74, 6) is -0.163. The van der Waals surface area contributed by atoms with E-state index in [-0.39, 0.29) is 18.5 Å². The maximum Gasteiger partial charge on any atom is 0.305 e. The average Bonchev–Trinajstić information content (AvgIpc) is 2.69. The van der Waals surface area contributed by atoms with Crippen molar-refractivity contribution in [2.45, 2.75) is 423 Å². The van der Waals surface area contributed by atoms with Crippen LogP contribution in [-0.2, 0) is 23.8 Å². The maximum absolute atomic E-state index is 13.0. The number of carbonyl (C=O) groups is 2. The van der Waals surface area contributed by atoms with Gasteiger partial charge >= 0.3 is 5.97 Å². The molecule has 1 rings (SSSR count). The van der Waals surface area contributed by atoms with Crippen LogP contribution in [0.4, 0.5) is 0 Å². The van der Waals surface area contributed by atoms with Gasteiger partial charge in [0.05, 0.1) is 32.0 Å². The van der Waals surface area contributed by atoms with Crippen LogP contribution in [-0.4, -0.2) is 100 Å². The van der Waals surface area contributed by atoms with Crippen molar-refractivity contribution in [3.8, 4) is 0 Å². The number of carbonyl (C=O) groups excluding carboxylic acids is 2. The highest BCUT2D eigenvalue weighted by Gasteiger charge is 2.44. The van der Waals surface area contributed by atoms with E-state index in [1.165, 1.54) is 295 Å². The van der Waals surface area contributed by atoms with Crippen molar-refractivity contribution in [3.63, 3.8) is 0 Å². The van der Waals surface area contributed by atoms with Gasteiger partial charge in [0.25, 0.3) is 0 Å². The predicted octanol–water partition coefficient (Wildman–Crippen LogP) is 20.1. The first-order valence-corrected chi connectivity index (χ1v) is 38.3. The summed E-state index contributed by atoms with van der Waals surface area (Å²) in [5.41, 5.74) is 0. The topological polar surface area (TPSA) is 175 Å². The van der Waals surface area contributed by atoms with E-state index in [0.29, 0.717) is 19.4 Å². The lowest BCUT2D eigenvalue weighted by Gasteiger charge is -2.40. The quantitative estimate of drug-likeness (QED) is 0.0195. The lowest BCUT2D eigenvalue weighted by atomic mass is 9.99. The summed E-state index contributed by atoms with van der Waals surface area (Å²) in [5, 5.41) is 54.3. The molecule has 0 saturated carbocycles. The van der Waals surface area contributed by atoms with Gasteiger partial charge in [-0.1, -0.05) is 339 Å². The first kappa shape index (κ1) is 83.9.